The van der Waals surface area contributed by atoms with Crippen molar-refractivity contribution >= 4 is 67.1 Å². The molecule has 350 valence electrons. The number of fused-ring (bicyclic) bond motifs is 13. The summed E-state index contributed by atoms with van der Waals surface area (Å²) in [5, 5.41) is 7.04. The van der Waals surface area contributed by atoms with Crippen molar-refractivity contribution in [1.82, 2.24) is 28.7 Å². The van der Waals surface area contributed by atoms with Crippen LogP contribution in [0.5, 0.6) is 0 Å². The van der Waals surface area contributed by atoms with E-state index in [4.69, 9.17) is 15.0 Å². The van der Waals surface area contributed by atoms with Crippen LogP contribution in [0, 0.1) is 11.8 Å². The van der Waals surface area contributed by atoms with E-state index in [0.717, 1.165) is 79.8 Å². The van der Waals surface area contributed by atoms with Crippen molar-refractivity contribution in [3.05, 3.63) is 227 Å². The zero-order valence-corrected chi connectivity index (χ0v) is 41.0. The molecule has 0 spiro atoms. The maximum absolute atomic E-state index is 5.84. The molecule has 7 heteroatoms. The lowest BCUT2D eigenvalue weighted by Crippen LogP contribution is -2.45. The van der Waals surface area contributed by atoms with Crippen LogP contribution in [0.2, 0.25) is 0 Å². The number of para-hydroxylation sites is 4. The molecule has 1 aliphatic heterocycles. The van der Waals surface area contributed by atoms with Gasteiger partial charge in [0.15, 0.2) is 5.82 Å². The van der Waals surface area contributed by atoms with E-state index in [2.05, 4.69) is 246 Å². The summed E-state index contributed by atoms with van der Waals surface area (Å²) in [6.45, 7) is 7.06. The molecule has 5 heterocycles. The van der Waals surface area contributed by atoms with Gasteiger partial charge in [-0.3, -0.25) is 9.13 Å². The topological polar surface area (TPSA) is 56.7 Å². The van der Waals surface area contributed by atoms with Gasteiger partial charge in [-0.1, -0.05) is 184 Å². The highest BCUT2D eigenvalue weighted by molar-refractivity contribution is 6.23. The minimum absolute atomic E-state index is 0.315. The molecule has 4 aromatic heterocycles. The Kier molecular flexibility index (Phi) is 9.10. The van der Waals surface area contributed by atoms with Gasteiger partial charge in [0.05, 0.1) is 38.8 Å². The number of hydrogen-bond donors (Lipinski definition) is 0. The molecule has 0 fully saturated rings. The maximum atomic E-state index is 5.84. The number of allylic oxidation sites excluding steroid dienone is 4. The summed E-state index contributed by atoms with van der Waals surface area (Å²) in [6, 6.07) is 61.2. The van der Waals surface area contributed by atoms with Crippen LogP contribution in [-0.4, -0.2) is 28.7 Å². The van der Waals surface area contributed by atoms with Crippen molar-refractivity contribution in [3.63, 3.8) is 0 Å². The summed E-state index contributed by atoms with van der Waals surface area (Å²) in [7, 11) is 0. The van der Waals surface area contributed by atoms with Gasteiger partial charge in [0.25, 0.3) is 0 Å². The molecule has 0 N–H and O–H groups in total. The molecule has 0 saturated heterocycles. The fourth-order valence-electron chi connectivity index (χ4n) is 12.7. The first-order valence-electron chi connectivity index (χ1n) is 25.8. The molecular weight excluding hydrogens is 891 g/mol. The Morgan fingerprint density at radius 1 is 0.521 bits per heavy atom. The van der Waals surface area contributed by atoms with Crippen LogP contribution in [0.3, 0.4) is 0 Å². The predicted octanol–water partition coefficient (Wildman–Crippen LogP) is 13.9. The van der Waals surface area contributed by atoms with Crippen LogP contribution < -0.4 is 15.5 Å². The van der Waals surface area contributed by atoms with Crippen LogP contribution >= 0.6 is 0 Å². The number of benzene rings is 7. The summed E-state index contributed by atoms with van der Waals surface area (Å²) in [5.74, 6) is 2.59. The normalized spacial score (nSPS) is 18.8. The van der Waals surface area contributed by atoms with Crippen molar-refractivity contribution in [2.45, 2.75) is 45.4 Å². The summed E-state index contributed by atoms with van der Waals surface area (Å²) >= 11 is 0. The summed E-state index contributed by atoms with van der Waals surface area (Å²) in [4.78, 5) is 19.7. The van der Waals surface area contributed by atoms with Crippen LogP contribution in [0.25, 0.3) is 102 Å². The number of rotatable bonds is 6. The number of nitrogens with zero attached hydrogens (tertiary/aromatic N) is 7. The summed E-state index contributed by atoms with van der Waals surface area (Å²) in [6.07, 6.45) is 17.1. The zero-order valence-electron chi connectivity index (χ0n) is 41.0. The SMILES string of the molecule is CC1C=CC(N2C3=c4c(c5c(n4-c4nc(-c6ccc(-c7ccccc7)cc6)nc(-n6c7ccccc7c7ccc8c9ccccc9n(-c9ccccc9)c8c76)n4)CC(C)C=C5)=CCC3(C)c3ccccc32)=CC1. The summed E-state index contributed by atoms with van der Waals surface area (Å²) in [5.41, 5.74) is 15.9. The number of aromatic nitrogens is 6. The highest BCUT2D eigenvalue weighted by Crippen LogP contribution is 2.53. The second-order valence-electron chi connectivity index (χ2n) is 20.7. The fourth-order valence-corrected chi connectivity index (χ4v) is 12.7. The largest absolute Gasteiger partial charge is 0.311 e. The Labute approximate surface area is 423 Å². The third-order valence-electron chi connectivity index (χ3n) is 16.2. The van der Waals surface area contributed by atoms with Gasteiger partial charge in [-0.05, 0) is 91.1 Å². The fraction of sp³-hybridized carbons (Fsp3) is 0.136. The molecule has 15 rings (SSSR count). The second-order valence-corrected chi connectivity index (χ2v) is 20.7. The first-order valence-corrected chi connectivity index (χ1v) is 25.8. The Bertz CT molecular complexity index is 4340. The zero-order chi connectivity index (χ0) is 48.5. The minimum atomic E-state index is -0.315. The van der Waals surface area contributed by atoms with Gasteiger partial charge in [-0.25, -0.2) is 0 Å². The second kappa shape index (κ2) is 15.8. The lowest BCUT2D eigenvalue weighted by atomic mass is 9.76. The van der Waals surface area contributed by atoms with Gasteiger partial charge < -0.3 is 9.47 Å². The molecule has 3 unspecified atom stereocenters. The third-order valence-corrected chi connectivity index (χ3v) is 16.2. The maximum Gasteiger partial charge on any atom is 0.240 e. The average molecular weight is 942 g/mol. The van der Waals surface area contributed by atoms with E-state index >= 15 is 0 Å². The summed E-state index contributed by atoms with van der Waals surface area (Å²) < 4.78 is 7.19. The van der Waals surface area contributed by atoms with Crippen molar-refractivity contribution < 1.29 is 0 Å². The van der Waals surface area contributed by atoms with E-state index in [1.807, 2.05) is 0 Å². The highest BCUT2D eigenvalue weighted by Gasteiger charge is 2.47. The van der Waals surface area contributed by atoms with Crippen molar-refractivity contribution in [2.75, 3.05) is 4.90 Å². The molecule has 0 bridgehead atoms. The first-order chi connectivity index (χ1) is 35.9. The molecule has 0 amide bonds. The molecule has 3 aliphatic carbocycles. The van der Waals surface area contributed by atoms with Gasteiger partial charge in [0.1, 0.15) is 0 Å². The van der Waals surface area contributed by atoms with Crippen molar-refractivity contribution in [1.29, 1.82) is 0 Å². The molecule has 11 aromatic rings. The standard InChI is InChI=1S/C66H51N7/c1-41-26-33-47(34-27-41)71-57-25-15-12-22-54(57)66(3)39-38-53-50-35-28-42(2)40-58(50)73(61(53)62(66)71)65-68-63(45-31-29-44(30-32-45)43-16-6-4-7-17-43)67-64(69-65)72-56-24-14-11-21-49(56)52-37-36-51-48-20-10-13-23-55(48)70(59(51)60(52)72)46-18-8-5-9-19-46/h4-26,28-38,41-42H,27,39-40H2,1-3H3. The van der Waals surface area contributed by atoms with Gasteiger partial charge >= 0.3 is 0 Å². The van der Waals surface area contributed by atoms with Gasteiger partial charge in [0, 0.05) is 60.4 Å². The van der Waals surface area contributed by atoms with E-state index < -0.39 is 0 Å². The van der Waals surface area contributed by atoms with Crippen LogP contribution in [-0.2, 0) is 11.8 Å². The van der Waals surface area contributed by atoms with E-state index in [1.165, 1.54) is 49.9 Å². The van der Waals surface area contributed by atoms with Gasteiger partial charge in [-0.15, -0.1) is 0 Å². The van der Waals surface area contributed by atoms with Crippen molar-refractivity contribution in [3.8, 4) is 40.1 Å². The molecule has 0 radical (unpaired) electrons. The molecular formula is C66H51N7. The average Bonchev–Trinajstić information content (AvgIpc) is 4.20. The van der Waals surface area contributed by atoms with E-state index in [-0.39, 0.29) is 5.41 Å². The Balaban J connectivity index is 1.09. The quantitative estimate of drug-likeness (QED) is 0.167. The monoisotopic (exact) mass is 941 g/mol. The predicted molar refractivity (Wildman–Crippen MR) is 300 cm³/mol. The first kappa shape index (κ1) is 41.9. The molecule has 7 aromatic carbocycles. The van der Waals surface area contributed by atoms with Crippen LogP contribution in [0.1, 0.15) is 50.4 Å². The van der Waals surface area contributed by atoms with Gasteiger partial charge in [0.2, 0.25) is 11.9 Å². The van der Waals surface area contributed by atoms with Crippen molar-refractivity contribution in [2.24, 2.45) is 11.8 Å². The third kappa shape index (κ3) is 6.15. The minimum Gasteiger partial charge on any atom is -0.311 e. The Hall–Kier alpha value is -8.81. The Morgan fingerprint density at radius 2 is 1.12 bits per heavy atom. The molecule has 73 heavy (non-hydrogen) atoms. The number of hydrogen-bond acceptors (Lipinski definition) is 4. The van der Waals surface area contributed by atoms with E-state index in [9.17, 15) is 0 Å². The highest BCUT2D eigenvalue weighted by atomic mass is 15.3. The number of anilines is 1. The molecule has 0 saturated carbocycles. The lowest BCUT2D eigenvalue weighted by molar-refractivity contribution is 0.632. The lowest BCUT2D eigenvalue weighted by Gasteiger charge is -2.33. The van der Waals surface area contributed by atoms with E-state index in [1.54, 1.807) is 0 Å². The molecule has 3 atom stereocenters. The molecule has 7 nitrogen and oxygen atoms in total. The smallest absolute Gasteiger partial charge is 0.240 e. The molecule has 4 aliphatic rings. The van der Waals surface area contributed by atoms with Crippen LogP contribution in [0.15, 0.2) is 200 Å². The van der Waals surface area contributed by atoms with Crippen LogP contribution in [0.4, 0.5) is 5.69 Å². The van der Waals surface area contributed by atoms with Gasteiger partial charge in [-0.2, -0.15) is 15.0 Å². The Morgan fingerprint density at radius 3 is 1.85 bits per heavy atom. The van der Waals surface area contributed by atoms with E-state index in [0.29, 0.717) is 29.6 Å².